The van der Waals surface area contributed by atoms with Crippen LogP contribution >= 0.6 is 0 Å². The third-order valence-corrected chi connectivity index (χ3v) is 1.12. The average Bonchev–Trinajstić information content (AvgIpc) is 1.91. The van der Waals surface area contributed by atoms with Gasteiger partial charge in [-0.15, -0.1) is 0 Å². The van der Waals surface area contributed by atoms with Crippen LogP contribution in [0.1, 0.15) is 20.3 Å². The van der Waals surface area contributed by atoms with E-state index in [-0.39, 0.29) is 0 Å². The van der Waals surface area contributed by atoms with Gasteiger partial charge in [0, 0.05) is 12.4 Å². The molecule has 0 N–H and O–H groups in total. The molecule has 0 aromatic carbocycles. The lowest BCUT2D eigenvalue weighted by molar-refractivity contribution is 1.17. The molecular weight excluding hydrogens is 110 g/mol. The maximum absolute atomic E-state index is 3.88. The SMILES string of the molecule is C=CN=C/C(=C\C)CC. The van der Waals surface area contributed by atoms with E-state index >= 15 is 0 Å². The average molecular weight is 123 g/mol. The van der Waals surface area contributed by atoms with Crippen LogP contribution in [0.2, 0.25) is 0 Å². The van der Waals surface area contributed by atoms with Gasteiger partial charge in [0.25, 0.3) is 0 Å². The summed E-state index contributed by atoms with van der Waals surface area (Å²) in [7, 11) is 0. The van der Waals surface area contributed by atoms with Crippen LogP contribution in [-0.2, 0) is 0 Å². The van der Waals surface area contributed by atoms with Crippen molar-refractivity contribution < 1.29 is 0 Å². The lowest BCUT2D eigenvalue weighted by atomic mass is 10.2. The number of rotatable bonds is 3. The van der Waals surface area contributed by atoms with E-state index in [1.165, 1.54) is 5.57 Å². The molecule has 0 rings (SSSR count). The van der Waals surface area contributed by atoms with Crippen LogP contribution in [-0.4, -0.2) is 6.21 Å². The smallest absolute Gasteiger partial charge is 0.0296 e. The van der Waals surface area contributed by atoms with E-state index < -0.39 is 0 Å². The van der Waals surface area contributed by atoms with Crippen LogP contribution in [0.5, 0.6) is 0 Å². The van der Waals surface area contributed by atoms with Crippen LogP contribution in [0.15, 0.2) is 29.4 Å². The number of hydrogen-bond donors (Lipinski definition) is 0. The predicted molar refractivity (Wildman–Crippen MR) is 42.7 cm³/mol. The summed E-state index contributed by atoms with van der Waals surface area (Å²) in [6.07, 6.45) is 6.45. The topological polar surface area (TPSA) is 12.4 Å². The van der Waals surface area contributed by atoms with E-state index in [0.717, 1.165) is 6.42 Å². The van der Waals surface area contributed by atoms with Crippen molar-refractivity contribution in [3.8, 4) is 0 Å². The Morgan fingerprint density at radius 1 is 1.67 bits per heavy atom. The minimum Gasteiger partial charge on any atom is -0.265 e. The summed E-state index contributed by atoms with van der Waals surface area (Å²) in [4.78, 5) is 3.88. The van der Waals surface area contributed by atoms with Gasteiger partial charge in [-0.05, 0) is 18.9 Å². The van der Waals surface area contributed by atoms with E-state index in [1.54, 1.807) is 6.20 Å². The Bertz CT molecular complexity index is 132. The van der Waals surface area contributed by atoms with Gasteiger partial charge in [0.15, 0.2) is 0 Å². The summed E-state index contributed by atoms with van der Waals surface area (Å²) in [5, 5.41) is 0. The molecule has 0 fully saturated rings. The van der Waals surface area contributed by atoms with Crippen molar-refractivity contribution in [2.24, 2.45) is 4.99 Å². The van der Waals surface area contributed by atoms with E-state index in [2.05, 4.69) is 18.5 Å². The van der Waals surface area contributed by atoms with Gasteiger partial charge in [0.2, 0.25) is 0 Å². The highest BCUT2D eigenvalue weighted by Crippen LogP contribution is 1.94. The van der Waals surface area contributed by atoms with Gasteiger partial charge in [0.1, 0.15) is 0 Å². The first-order chi connectivity index (χ1) is 4.35. The van der Waals surface area contributed by atoms with Crippen molar-refractivity contribution in [2.45, 2.75) is 20.3 Å². The molecule has 0 radical (unpaired) electrons. The van der Waals surface area contributed by atoms with Gasteiger partial charge in [-0.25, -0.2) is 0 Å². The fourth-order valence-corrected chi connectivity index (χ4v) is 0.518. The first-order valence-electron chi connectivity index (χ1n) is 3.14. The number of aliphatic imine (C=N–C) groups is 1. The zero-order valence-electron chi connectivity index (χ0n) is 6.09. The van der Waals surface area contributed by atoms with Gasteiger partial charge in [0.05, 0.1) is 0 Å². The number of allylic oxidation sites excluding steroid dienone is 2. The third-order valence-electron chi connectivity index (χ3n) is 1.12. The van der Waals surface area contributed by atoms with Crippen LogP contribution in [0.3, 0.4) is 0 Å². The lowest BCUT2D eigenvalue weighted by Gasteiger charge is -1.89. The largest absolute Gasteiger partial charge is 0.265 e. The van der Waals surface area contributed by atoms with Crippen molar-refractivity contribution in [1.29, 1.82) is 0 Å². The maximum Gasteiger partial charge on any atom is 0.0296 e. The molecule has 0 bridgehead atoms. The van der Waals surface area contributed by atoms with E-state index in [9.17, 15) is 0 Å². The summed E-state index contributed by atoms with van der Waals surface area (Å²) >= 11 is 0. The number of nitrogens with zero attached hydrogens (tertiary/aromatic N) is 1. The van der Waals surface area contributed by atoms with E-state index in [4.69, 9.17) is 0 Å². The van der Waals surface area contributed by atoms with E-state index in [1.807, 2.05) is 19.2 Å². The Balaban J connectivity index is 3.84. The lowest BCUT2D eigenvalue weighted by Crippen LogP contribution is -1.78. The Morgan fingerprint density at radius 3 is 2.67 bits per heavy atom. The normalized spacial score (nSPS) is 12.4. The van der Waals surface area contributed by atoms with E-state index in [0.29, 0.717) is 0 Å². The predicted octanol–water partition coefficient (Wildman–Crippen LogP) is 2.56. The Morgan fingerprint density at radius 2 is 2.33 bits per heavy atom. The molecule has 0 aromatic heterocycles. The molecule has 50 valence electrons. The highest BCUT2D eigenvalue weighted by molar-refractivity contribution is 5.78. The summed E-state index contributed by atoms with van der Waals surface area (Å²) in [6, 6.07) is 0. The molecule has 0 saturated carbocycles. The van der Waals surface area contributed by atoms with Gasteiger partial charge in [-0.2, -0.15) is 0 Å². The molecular formula is C8H13N. The molecule has 0 aliphatic rings. The van der Waals surface area contributed by atoms with Crippen molar-refractivity contribution in [1.82, 2.24) is 0 Å². The van der Waals surface area contributed by atoms with Gasteiger partial charge >= 0.3 is 0 Å². The van der Waals surface area contributed by atoms with Crippen LogP contribution in [0.4, 0.5) is 0 Å². The fraction of sp³-hybridized carbons (Fsp3) is 0.375. The van der Waals surface area contributed by atoms with Crippen molar-refractivity contribution in [3.05, 3.63) is 24.4 Å². The van der Waals surface area contributed by atoms with Crippen molar-refractivity contribution in [3.63, 3.8) is 0 Å². The standard InChI is InChI=1S/C8H13N/c1-4-8(5-2)7-9-6-3/h4,6-7H,3,5H2,1-2H3/b8-4-,9-7?. The molecule has 0 saturated heterocycles. The minimum atomic E-state index is 1.04. The first-order valence-corrected chi connectivity index (χ1v) is 3.14. The minimum absolute atomic E-state index is 1.04. The fourth-order valence-electron chi connectivity index (χ4n) is 0.518. The summed E-state index contributed by atoms with van der Waals surface area (Å²) < 4.78 is 0. The first kappa shape index (κ1) is 8.15. The molecule has 9 heavy (non-hydrogen) atoms. The highest BCUT2D eigenvalue weighted by atomic mass is 14.7. The van der Waals surface area contributed by atoms with Gasteiger partial charge < -0.3 is 0 Å². The van der Waals surface area contributed by atoms with Crippen molar-refractivity contribution >= 4 is 6.21 Å². The molecule has 0 aliphatic heterocycles. The molecule has 1 heteroatoms. The van der Waals surface area contributed by atoms with Crippen LogP contribution < -0.4 is 0 Å². The van der Waals surface area contributed by atoms with Gasteiger partial charge in [-0.3, -0.25) is 4.99 Å². The second-order valence-corrected chi connectivity index (χ2v) is 1.68. The molecule has 0 spiro atoms. The maximum atomic E-state index is 3.88. The Hall–Kier alpha value is -0.850. The second-order valence-electron chi connectivity index (χ2n) is 1.68. The Kier molecular flexibility index (Phi) is 4.79. The molecule has 0 amide bonds. The molecule has 0 atom stereocenters. The Labute approximate surface area is 56.8 Å². The third kappa shape index (κ3) is 3.71. The highest BCUT2D eigenvalue weighted by Gasteiger charge is 1.81. The van der Waals surface area contributed by atoms with Crippen LogP contribution in [0, 0.1) is 0 Å². The molecule has 1 nitrogen and oxygen atoms in total. The molecule has 0 aliphatic carbocycles. The summed E-state index contributed by atoms with van der Waals surface area (Å²) in [5.41, 5.74) is 1.25. The van der Waals surface area contributed by atoms with Crippen molar-refractivity contribution in [2.75, 3.05) is 0 Å². The second kappa shape index (κ2) is 5.29. The molecule has 0 heterocycles. The molecule has 0 unspecified atom stereocenters. The van der Waals surface area contributed by atoms with Crippen LogP contribution in [0.25, 0.3) is 0 Å². The quantitative estimate of drug-likeness (QED) is 0.511. The zero-order valence-corrected chi connectivity index (χ0v) is 6.09. The monoisotopic (exact) mass is 123 g/mol. The summed E-state index contributed by atoms with van der Waals surface area (Å²) in [6.45, 7) is 7.59. The van der Waals surface area contributed by atoms with Gasteiger partial charge in [-0.1, -0.05) is 19.6 Å². The number of hydrogen-bond acceptors (Lipinski definition) is 1. The molecule has 0 aromatic rings. The zero-order chi connectivity index (χ0) is 7.11. The summed E-state index contributed by atoms with van der Waals surface area (Å²) in [5.74, 6) is 0.